The Morgan fingerprint density at radius 1 is 1.32 bits per heavy atom. The Bertz CT molecular complexity index is 617. The van der Waals surface area contributed by atoms with Crippen LogP contribution in [0, 0.1) is 31.1 Å². The van der Waals surface area contributed by atoms with Crippen molar-refractivity contribution in [2.75, 3.05) is 13.1 Å². The fraction of sp³-hybridized carbons (Fsp3) is 0.500. The molecule has 1 atom stereocenters. The van der Waals surface area contributed by atoms with Gasteiger partial charge in [0.15, 0.2) is 0 Å². The Kier molecular flexibility index (Phi) is 3.93. The van der Waals surface area contributed by atoms with E-state index in [1.807, 2.05) is 19.9 Å². The molecule has 5 heteroatoms. The second-order valence-electron chi connectivity index (χ2n) is 5.08. The van der Waals surface area contributed by atoms with E-state index in [9.17, 15) is 8.42 Å². The highest BCUT2D eigenvalue weighted by Gasteiger charge is 2.30. The third-order valence-electron chi connectivity index (χ3n) is 3.68. The van der Waals surface area contributed by atoms with Gasteiger partial charge in [0.05, 0.1) is 16.9 Å². The summed E-state index contributed by atoms with van der Waals surface area (Å²) >= 11 is 0. The van der Waals surface area contributed by atoms with Gasteiger partial charge in [0.1, 0.15) is 0 Å². The van der Waals surface area contributed by atoms with Crippen LogP contribution in [0.4, 0.5) is 0 Å². The van der Waals surface area contributed by atoms with Crippen LogP contribution in [0.1, 0.15) is 24.0 Å². The summed E-state index contributed by atoms with van der Waals surface area (Å²) in [5, 5.41) is 8.95. The van der Waals surface area contributed by atoms with E-state index in [-0.39, 0.29) is 5.92 Å². The molecule has 0 spiro atoms. The van der Waals surface area contributed by atoms with Gasteiger partial charge in [-0.2, -0.15) is 9.57 Å². The zero-order chi connectivity index (χ0) is 14.0. The Labute approximate surface area is 114 Å². The van der Waals surface area contributed by atoms with E-state index in [1.54, 1.807) is 12.1 Å². The summed E-state index contributed by atoms with van der Waals surface area (Å²) in [6.07, 6.45) is 1.54. The molecule has 19 heavy (non-hydrogen) atoms. The molecule has 1 heterocycles. The number of nitrogens with zero attached hydrogens (tertiary/aromatic N) is 2. The fourth-order valence-electron chi connectivity index (χ4n) is 2.29. The first-order valence-corrected chi connectivity index (χ1v) is 7.86. The first-order valence-electron chi connectivity index (χ1n) is 6.42. The summed E-state index contributed by atoms with van der Waals surface area (Å²) in [6.45, 7) is 4.68. The third-order valence-corrected chi connectivity index (χ3v) is 5.54. The molecule has 1 aromatic carbocycles. The first-order chi connectivity index (χ1) is 8.95. The molecule has 0 saturated carbocycles. The van der Waals surface area contributed by atoms with Crippen molar-refractivity contribution in [1.29, 1.82) is 5.26 Å². The standard InChI is InChI=1S/C14H18N2O2S/c1-11-5-6-14(8-12(11)2)19(17,18)16-7-3-4-13(9-15)10-16/h5-6,8,13H,3-4,7,10H2,1-2H3. The van der Waals surface area contributed by atoms with Crippen molar-refractivity contribution in [2.45, 2.75) is 31.6 Å². The molecule has 1 aliphatic heterocycles. The minimum absolute atomic E-state index is 0.185. The summed E-state index contributed by atoms with van der Waals surface area (Å²) in [5.41, 5.74) is 2.04. The third kappa shape index (κ3) is 2.80. The van der Waals surface area contributed by atoms with Crippen LogP contribution in [0.25, 0.3) is 0 Å². The van der Waals surface area contributed by atoms with Crippen LogP contribution in [-0.2, 0) is 10.0 Å². The van der Waals surface area contributed by atoms with Gasteiger partial charge in [-0.15, -0.1) is 0 Å². The van der Waals surface area contributed by atoms with Gasteiger partial charge in [-0.3, -0.25) is 0 Å². The van der Waals surface area contributed by atoms with E-state index in [4.69, 9.17) is 5.26 Å². The van der Waals surface area contributed by atoms with E-state index in [0.717, 1.165) is 24.0 Å². The van der Waals surface area contributed by atoms with Crippen LogP contribution in [0.2, 0.25) is 0 Å². The predicted molar refractivity (Wildman–Crippen MR) is 73.0 cm³/mol. The Morgan fingerprint density at radius 2 is 2.05 bits per heavy atom. The number of rotatable bonds is 2. The van der Waals surface area contributed by atoms with Crippen LogP contribution >= 0.6 is 0 Å². The molecule has 0 aliphatic carbocycles. The van der Waals surface area contributed by atoms with Crippen LogP contribution in [0.5, 0.6) is 0 Å². The van der Waals surface area contributed by atoms with Crippen LogP contribution in [0.15, 0.2) is 23.1 Å². The van der Waals surface area contributed by atoms with Crippen molar-refractivity contribution in [3.05, 3.63) is 29.3 Å². The lowest BCUT2D eigenvalue weighted by Crippen LogP contribution is -2.39. The average molecular weight is 278 g/mol. The molecule has 1 fully saturated rings. The second-order valence-corrected chi connectivity index (χ2v) is 7.02. The molecule has 0 aromatic heterocycles. The van der Waals surface area contributed by atoms with Crippen molar-refractivity contribution in [2.24, 2.45) is 5.92 Å². The number of hydrogen-bond acceptors (Lipinski definition) is 3. The largest absolute Gasteiger partial charge is 0.243 e. The first kappa shape index (κ1) is 14.0. The zero-order valence-electron chi connectivity index (χ0n) is 11.3. The van der Waals surface area contributed by atoms with Crippen LogP contribution < -0.4 is 0 Å². The van der Waals surface area contributed by atoms with E-state index in [1.165, 1.54) is 4.31 Å². The van der Waals surface area contributed by atoms with Crippen molar-refractivity contribution >= 4 is 10.0 Å². The maximum Gasteiger partial charge on any atom is 0.243 e. The average Bonchev–Trinajstić information content (AvgIpc) is 2.41. The van der Waals surface area contributed by atoms with Gasteiger partial charge < -0.3 is 0 Å². The van der Waals surface area contributed by atoms with Crippen molar-refractivity contribution in [3.8, 4) is 6.07 Å². The molecule has 1 aliphatic rings. The van der Waals surface area contributed by atoms with Crippen LogP contribution in [-0.4, -0.2) is 25.8 Å². The molecular weight excluding hydrogens is 260 g/mol. The number of piperidine rings is 1. The van der Waals surface area contributed by atoms with E-state index in [0.29, 0.717) is 18.0 Å². The molecule has 0 bridgehead atoms. The van der Waals surface area contributed by atoms with Crippen molar-refractivity contribution in [3.63, 3.8) is 0 Å². The van der Waals surface area contributed by atoms with Gasteiger partial charge >= 0.3 is 0 Å². The number of hydrogen-bond donors (Lipinski definition) is 0. The summed E-state index contributed by atoms with van der Waals surface area (Å²) in [4.78, 5) is 0.328. The van der Waals surface area contributed by atoms with Gasteiger partial charge in [0.25, 0.3) is 0 Å². The molecule has 1 unspecified atom stereocenters. The highest BCUT2D eigenvalue weighted by molar-refractivity contribution is 7.89. The topological polar surface area (TPSA) is 61.2 Å². The van der Waals surface area contributed by atoms with Crippen LogP contribution in [0.3, 0.4) is 0 Å². The minimum atomic E-state index is -3.46. The fourth-order valence-corrected chi connectivity index (χ4v) is 3.90. The highest BCUT2D eigenvalue weighted by atomic mass is 32.2. The SMILES string of the molecule is Cc1ccc(S(=O)(=O)N2CCCC(C#N)C2)cc1C. The van der Waals surface area contributed by atoms with E-state index >= 15 is 0 Å². The quantitative estimate of drug-likeness (QED) is 0.833. The minimum Gasteiger partial charge on any atom is -0.207 e. The molecular formula is C14H18N2O2S. The summed E-state index contributed by atoms with van der Waals surface area (Å²) in [7, 11) is -3.46. The van der Waals surface area contributed by atoms with Gasteiger partial charge in [-0.1, -0.05) is 6.07 Å². The number of aryl methyl sites for hydroxylation is 2. The van der Waals surface area contributed by atoms with E-state index in [2.05, 4.69) is 6.07 Å². The molecule has 1 aromatic rings. The normalized spacial score (nSPS) is 21.0. The van der Waals surface area contributed by atoms with Crippen molar-refractivity contribution < 1.29 is 8.42 Å². The highest BCUT2D eigenvalue weighted by Crippen LogP contribution is 2.24. The zero-order valence-corrected chi connectivity index (χ0v) is 12.1. The summed E-state index contributed by atoms with van der Waals surface area (Å²) < 4.78 is 26.5. The van der Waals surface area contributed by atoms with Crippen molar-refractivity contribution in [1.82, 2.24) is 4.31 Å². The molecule has 0 radical (unpaired) electrons. The predicted octanol–water partition coefficient (Wildman–Crippen LogP) is 2.23. The summed E-state index contributed by atoms with van der Waals surface area (Å²) in [6, 6.07) is 7.35. The maximum atomic E-state index is 12.5. The number of sulfonamides is 1. The Morgan fingerprint density at radius 3 is 2.68 bits per heavy atom. The number of nitriles is 1. The van der Waals surface area contributed by atoms with E-state index < -0.39 is 10.0 Å². The summed E-state index contributed by atoms with van der Waals surface area (Å²) in [5.74, 6) is -0.185. The lowest BCUT2D eigenvalue weighted by molar-refractivity contribution is 0.305. The molecule has 2 rings (SSSR count). The number of benzene rings is 1. The second kappa shape index (κ2) is 5.32. The Balaban J connectivity index is 2.31. The van der Waals surface area contributed by atoms with Gasteiger partial charge in [0, 0.05) is 13.1 Å². The van der Waals surface area contributed by atoms with Gasteiger partial charge in [-0.25, -0.2) is 8.42 Å². The lowest BCUT2D eigenvalue weighted by atomic mass is 10.0. The maximum absolute atomic E-state index is 12.5. The monoisotopic (exact) mass is 278 g/mol. The lowest BCUT2D eigenvalue weighted by Gasteiger charge is -2.28. The molecule has 0 N–H and O–H groups in total. The van der Waals surface area contributed by atoms with Gasteiger partial charge in [-0.05, 0) is 49.9 Å². The molecule has 1 saturated heterocycles. The molecule has 4 nitrogen and oxygen atoms in total. The molecule has 102 valence electrons. The van der Waals surface area contributed by atoms with Gasteiger partial charge in [0.2, 0.25) is 10.0 Å². The Hall–Kier alpha value is -1.38. The smallest absolute Gasteiger partial charge is 0.207 e. The molecule has 0 amide bonds.